The number of hydrogen-bond donors (Lipinski definition) is 3. The largest absolute Gasteiger partial charge is 0.346 e. The first-order valence-electron chi connectivity index (χ1n) is 10.5. The van der Waals surface area contributed by atoms with Crippen LogP contribution in [0.25, 0.3) is 11.3 Å². The van der Waals surface area contributed by atoms with Crippen LogP contribution < -0.4 is 10.6 Å². The number of piperazine rings is 1. The quantitative estimate of drug-likeness (QED) is 0.437. The van der Waals surface area contributed by atoms with Crippen molar-refractivity contribution in [3.63, 3.8) is 0 Å². The van der Waals surface area contributed by atoms with Gasteiger partial charge in [-0.3, -0.25) is 19.5 Å². The number of aromatic nitrogens is 4. The van der Waals surface area contributed by atoms with E-state index in [9.17, 15) is 4.79 Å². The zero-order chi connectivity index (χ0) is 22.5. The molecule has 1 amide bonds. The van der Waals surface area contributed by atoms with E-state index in [1.165, 1.54) is 0 Å². The standard InChI is InChI=1S/C22H25ClN8O.2ClH/c1-15(13-31-7-4-20(29-31)16-2-3-17(12-24)19(23)10-16)26-22(32)21-11-18(27-28-21)14-30-8-5-25-6-9-30;;/h2-4,7,10-11,15,25H,5-6,8-9,13-14H2,1H3,(H,26,32)(H,27,28);2*1H. The van der Waals surface area contributed by atoms with E-state index in [0.29, 0.717) is 22.8 Å². The molecule has 0 radical (unpaired) electrons. The number of rotatable bonds is 7. The number of nitrogens with one attached hydrogen (secondary N) is 3. The van der Waals surface area contributed by atoms with Gasteiger partial charge in [0.1, 0.15) is 11.8 Å². The Balaban J connectivity index is 0.00000204. The fraction of sp³-hybridized carbons (Fsp3) is 0.364. The van der Waals surface area contributed by atoms with Crippen molar-refractivity contribution in [3.05, 3.63) is 58.5 Å². The molecule has 34 heavy (non-hydrogen) atoms. The van der Waals surface area contributed by atoms with Gasteiger partial charge in [-0.25, -0.2) is 0 Å². The molecule has 1 fully saturated rings. The van der Waals surface area contributed by atoms with Gasteiger partial charge in [-0.05, 0) is 31.2 Å². The van der Waals surface area contributed by atoms with E-state index < -0.39 is 0 Å². The van der Waals surface area contributed by atoms with Crippen molar-refractivity contribution in [1.82, 2.24) is 35.5 Å². The van der Waals surface area contributed by atoms with Crippen molar-refractivity contribution < 1.29 is 4.79 Å². The minimum absolute atomic E-state index is 0. The molecular weight excluding hydrogens is 499 g/mol. The highest BCUT2D eigenvalue weighted by Crippen LogP contribution is 2.24. The first kappa shape index (κ1) is 27.6. The molecule has 3 aromatic rings. The number of hydrogen-bond acceptors (Lipinski definition) is 6. The van der Waals surface area contributed by atoms with Gasteiger partial charge in [-0.1, -0.05) is 17.7 Å². The summed E-state index contributed by atoms with van der Waals surface area (Å²) in [6.07, 6.45) is 1.85. The minimum Gasteiger partial charge on any atom is -0.346 e. The van der Waals surface area contributed by atoms with E-state index >= 15 is 0 Å². The van der Waals surface area contributed by atoms with E-state index in [2.05, 4.69) is 30.8 Å². The Morgan fingerprint density at radius 1 is 1.26 bits per heavy atom. The lowest BCUT2D eigenvalue weighted by molar-refractivity contribution is 0.0931. The lowest BCUT2D eigenvalue weighted by Crippen LogP contribution is -2.42. The summed E-state index contributed by atoms with van der Waals surface area (Å²) in [6.45, 7) is 7.11. The third-order valence-corrected chi connectivity index (χ3v) is 5.64. The first-order chi connectivity index (χ1) is 15.5. The second-order valence-electron chi connectivity index (χ2n) is 7.91. The van der Waals surface area contributed by atoms with E-state index in [1.54, 1.807) is 16.8 Å². The highest BCUT2D eigenvalue weighted by atomic mass is 35.5. The number of H-pyrrole nitrogens is 1. The van der Waals surface area contributed by atoms with E-state index in [1.807, 2.05) is 37.4 Å². The van der Waals surface area contributed by atoms with Crippen LogP contribution in [0, 0.1) is 11.3 Å². The summed E-state index contributed by atoms with van der Waals surface area (Å²) in [4.78, 5) is 14.9. The molecule has 12 heteroatoms. The second kappa shape index (κ2) is 12.7. The summed E-state index contributed by atoms with van der Waals surface area (Å²) in [5, 5.41) is 27.4. The number of carbonyl (C=O) groups excluding carboxylic acids is 1. The minimum atomic E-state index is -0.216. The Hall–Kier alpha value is -2.61. The number of aromatic amines is 1. The lowest BCUT2D eigenvalue weighted by Gasteiger charge is -2.26. The molecule has 182 valence electrons. The van der Waals surface area contributed by atoms with Gasteiger partial charge in [0.2, 0.25) is 0 Å². The number of nitrogens with zero attached hydrogens (tertiary/aromatic N) is 5. The Morgan fingerprint density at radius 3 is 2.74 bits per heavy atom. The molecule has 0 bridgehead atoms. The SMILES string of the molecule is CC(Cn1ccc(-c2ccc(C#N)c(Cl)c2)n1)NC(=O)c1cc(CN2CCNCC2)[nH]n1.Cl.Cl. The third-order valence-electron chi connectivity index (χ3n) is 5.33. The summed E-state index contributed by atoms with van der Waals surface area (Å²) < 4.78 is 1.77. The fourth-order valence-corrected chi connectivity index (χ4v) is 3.90. The molecule has 1 aromatic carbocycles. The predicted octanol–water partition coefficient (Wildman–Crippen LogP) is 2.87. The normalized spacial score (nSPS) is 14.4. The highest BCUT2D eigenvalue weighted by molar-refractivity contribution is 6.32. The predicted molar refractivity (Wildman–Crippen MR) is 136 cm³/mol. The van der Waals surface area contributed by atoms with Crippen LogP contribution in [0.4, 0.5) is 0 Å². The maximum Gasteiger partial charge on any atom is 0.272 e. The van der Waals surface area contributed by atoms with Crippen LogP contribution in [-0.2, 0) is 13.1 Å². The average Bonchev–Trinajstić information content (AvgIpc) is 3.44. The lowest BCUT2D eigenvalue weighted by atomic mass is 10.1. The third kappa shape index (κ3) is 6.95. The average molecular weight is 526 g/mol. The Morgan fingerprint density at radius 2 is 2.03 bits per heavy atom. The molecule has 4 rings (SSSR count). The van der Waals surface area contributed by atoms with E-state index in [4.69, 9.17) is 16.9 Å². The number of halogens is 3. The van der Waals surface area contributed by atoms with Crippen molar-refractivity contribution >= 4 is 42.3 Å². The monoisotopic (exact) mass is 524 g/mol. The van der Waals surface area contributed by atoms with Crippen LogP contribution in [0.5, 0.6) is 0 Å². The summed E-state index contributed by atoms with van der Waals surface area (Å²) in [5.41, 5.74) is 3.33. The molecule has 2 aromatic heterocycles. The number of amides is 1. The van der Waals surface area contributed by atoms with Gasteiger partial charge in [0.25, 0.3) is 5.91 Å². The van der Waals surface area contributed by atoms with Crippen LogP contribution in [0.15, 0.2) is 36.5 Å². The van der Waals surface area contributed by atoms with Crippen molar-refractivity contribution in [3.8, 4) is 17.3 Å². The van der Waals surface area contributed by atoms with Crippen molar-refractivity contribution in [2.24, 2.45) is 0 Å². The second-order valence-corrected chi connectivity index (χ2v) is 8.32. The molecular formula is C22H27Cl3N8O. The number of benzene rings is 1. The molecule has 1 unspecified atom stereocenters. The van der Waals surface area contributed by atoms with Gasteiger partial charge >= 0.3 is 0 Å². The molecule has 9 nitrogen and oxygen atoms in total. The Bertz CT molecular complexity index is 1130. The van der Waals surface area contributed by atoms with Crippen LogP contribution in [0.2, 0.25) is 5.02 Å². The van der Waals surface area contributed by atoms with Crippen LogP contribution in [-0.4, -0.2) is 63.0 Å². The molecule has 0 spiro atoms. The van der Waals surface area contributed by atoms with Crippen LogP contribution in [0.1, 0.15) is 28.7 Å². The highest BCUT2D eigenvalue weighted by Gasteiger charge is 2.16. The molecule has 0 aliphatic carbocycles. The Labute approximate surface area is 215 Å². The summed E-state index contributed by atoms with van der Waals surface area (Å²) in [5.74, 6) is -0.216. The molecule has 3 N–H and O–H groups in total. The molecule has 1 aliphatic heterocycles. The molecule has 1 saturated heterocycles. The molecule has 0 saturated carbocycles. The van der Waals surface area contributed by atoms with Gasteiger partial charge in [0, 0.05) is 50.5 Å². The molecule has 3 heterocycles. The fourth-order valence-electron chi connectivity index (χ4n) is 3.68. The Kier molecular flexibility index (Phi) is 10.4. The maximum atomic E-state index is 12.6. The zero-order valence-electron chi connectivity index (χ0n) is 18.6. The van der Waals surface area contributed by atoms with Gasteiger partial charge in [0.15, 0.2) is 0 Å². The first-order valence-corrected chi connectivity index (χ1v) is 10.9. The van der Waals surface area contributed by atoms with Crippen molar-refractivity contribution in [1.29, 1.82) is 5.26 Å². The number of carbonyl (C=O) groups is 1. The van der Waals surface area contributed by atoms with Gasteiger partial charge < -0.3 is 10.6 Å². The summed E-state index contributed by atoms with van der Waals surface area (Å²) in [7, 11) is 0. The maximum absolute atomic E-state index is 12.6. The van der Waals surface area contributed by atoms with Gasteiger partial charge in [-0.15, -0.1) is 24.8 Å². The van der Waals surface area contributed by atoms with Crippen molar-refractivity contribution in [2.75, 3.05) is 26.2 Å². The van der Waals surface area contributed by atoms with Crippen LogP contribution >= 0.6 is 36.4 Å². The molecule has 1 aliphatic rings. The molecule has 1 atom stereocenters. The van der Waals surface area contributed by atoms with E-state index in [0.717, 1.165) is 49.7 Å². The summed E-state index contributed by atoms with van der Waals surface area (Å²) in [6, 6.07) is 10.8. The zero-order valence-corrected chi connectivity index (χ0v) is 21.0. The smallest absolute Gasteiger partial charge is 0.272 e. The van der Waals surface area contributed by atoms with E-state index in [-0.39, 0.29) is 36.8 Å². The van der Waals surface area contributed by atoms with Crippen LogP contribution in [0.3, 0.4) is 0 Å². The van der Waals surface area contributed by atoms with Gasteiger partial charge in [0.05, 0.1) is 28.5 Å². The van der Waals surface area contributed by atoms with Gasteiger partial charge in [-0.2, -0.15) is 15.5 Å². The summed E-state index contributed by atoms with van der Waals surface area (Å²) >= 11 is 6.12. The number of nitriles is 1. The van der Waals surface area contributed by atoms with Crippen molar-refractivity contribution in [2.45, 2.75) is 26.1 Å². The topological polar surface area (TPSA) is 115 Å².